The minimum atomic E-state index is -1.08. The van der Waals surface area contributed by atoms with Crippen molar-refractivity contribution in [1.29, 1.82) is 0 Å². The van der Waals surface area contributed by atoms with Crippen molar-refractivity contribution < 1.29 is 18.0 Å². The van der Waals surface area contributed by atoms with E-state index in [1.807, 2.05) is 0 Å². The molecule has 19 heavy (non-hydrogen) atoms. The van der Waals surface area contributed by atoms with E-state index in [1.165, 1.54) is 6.92 Å². The Balaban J connectivity index is 2.83. The zero-order valence-corrected chi connectivity index (χ0v) is 11.3. The summed E-state index contributed by atoms with van der Waals surface area (Å²) >= 11 is 0. The lowest BCUT2D eigenvalue weighted by Gasteiger charge is -2.24. The monoisotopic (exact) mass is 274 g/mol. The van der Waals surface area contributed by atoms with Crippen molar-refractivity contribution in [3.63, 3.8) is 0 Å². The van der Waals surface area contributed by atoms with Gasteiger partial charge < -0.3 is 10.6 Å². The number of carbonyl (C=O) groups is 1. The SMILES string of the molecule is CC(Nc1c(F)cc(F)cc1F)C(=O)NC(C)(C)C. The highest BCUT2D eigenvalue weighted by atomic mass is 19.1. The molecule has 0 saturated carbocycles. The first-order valence-electron chi connectivity index (χ1n) is 5.83. The third kappa shape index (κ3) is 4.46. The average Bonchev–Trinajstić information content (AvgIpc) is 2.20. The molecule has 3 nitrogen and oxygen atoms in total. The summed E-state index contributed by atoms with van der Waals surface area (Å²) in [6, 6.07) is 0.258. The van der Waals surface area contributed by atoms with Crippen molar-refractivity contribution in [3.8, 4) is 0 Å². The fraction of sp³-hybridized carbons (Fsp3) is 0.462. The zero-order valence-electron chi connectivity index (χ0n) is 11.3. The lowest BCUT2D eigenvalue weighted by Crippen LogP contribution is -2.47. The van der Waals surface area contributed by atoms with E-state index in [2.05, 4.69) is 10.6 Å². The van der Waals surface area contributed by atoms with Crippen molar-refractivity contribution in [2.75, 3.05) is 5.32 Å². The number of hydrogen-bond donors (Lipinski definition) is 2. The maximum Gasteiger partial charge on any atom is 0.242 e. The van der Waals surface area contributed by atoms with Gasteiger partial charge in [-0.1, -0.05) is 0 Å². The van der Waals surface area contributed by atoms with Crippen LogP contribution in [0.4, 0.5) is 18.9 Å². The fourth-order valence-corrected chi connectivity index (χ4v) is 1.44. The molecule has 1 rings (SSSR count). The van der Waals surface area contributed by atoms with Gasteiger partial charge in [0.15, 0.2) is 11.6 Å². The number of benzene rings is 1. The third-order valence-electron chi connectivity index (χ3n) is 2.26. The second-order valence-electron chi connectivity index (χ2n) is 5.35. The molecule has 1 atom stereocenters. The van der Waals surface area contributed by atoms with Crippen LogP contribution in [0.5, 0.6) is 0 Å². The molecular weight excluding hydrogens is 257 g/mol. The van der Waals surface area contributed by atoms with Crippen LogP contribution in [0.15, 0.2) is 12.1 Å². The second kappa shape index (κ2) is 5.50. The van der Waals surface area contributed by atoms with Gasteiger partial charge in [-0.15, -0.1) is 0 Å². The summed E-state index contributed by atoms with van der Waals surface area (Å²) in [4.78, 5) is 11.8. The number of halogens is 3. The highest BCUT2D eigenvalue weighted by Crippen LogP contribution is 2.21. The molecule has 0 aromatic heterocycles. The molecule has 0 aliphatic rings. The Hall–Kier alpha value is -1.72. The van der Waals surface area contributed by atoms with Crippen LogP contribution in [-0.2, 0) is 4.79 Å². The van der Waals surface area contributed by atoms with Crippen molar-refractivity contribution in [2.45, 2.75) is 39.3 Å². The van der Waals surface area contributed by atoms with Gasteiger partial charge in [0.05, 0.1) is 0 Å². The Morgan fingerprint density at radius 1 is 1.16 bits per heavy atom. The van der Waals surface area contributed by atoms with Crippen molar-refractivity contribution in [1.82, 2.24) is 5.32 Å². The van der Waals surface area contributed by atoms with Crippen LogP contribution in [-0.4, -0.2) is 17.5 Å². The summed E-state index contributed by atoms with van der Waals surface area (Å²) in [5.41, 5.74) is -0.967. The van der Waals surface area contributed by atoms with Gasteiger partial charge in [0.1, 0.15) is 17.5 Å². The van der Waals surface area contributed by atoms with Crippen LogP contribution in [0.1, 0.15) is 27.7 Å². The van der Waals surface area contributed by atoms with Gasteiger partial charge >= 0.3 is 0 Å². The Labute approximate surface area is 110 Å². The smallest absolute Gasteiger partial charge is 0.242 e. The molecular formula is C13H17F3N2O. The summed E-state index contributed by atoms with van der Waals surface area (Å²) in [6.07, 6.45) is 0. The maximum atomic E-state index is 13.4. The predicted molar refractivity (Wildman–Crippen MR) is 67.3 cm³/mol. The van der Waals surface area contributed by atoms with Crippen LogP contribution in [0, 0.1) is 17.5 Å². The molecule has 0 spiro atoms. The largest absolute Gasteiger partial charge is 0.369 e. The molecule has 106 valence electrons. The topological polar surface area (TPSA) is 41.1 Å². The van der Waals surface area contributed by atoms with E-state index >= 15 is 0 Å². The van der Waals surface area contributed by atoms with Crippen molar-refractivity contribution >= 4 is 11.6 Å². The normalized spacial score (nSPS) is 13.0. The van der Waals surface area contributed by atoms with Crippen LogP contribution >= 0.6 is 0 Å². The standard InChI is InChI=1S/C13H17F3N2O/c1-7(12(19)18-13(2,3)4)17-11-9(15)5-8(14)6-10(11)16/h5-7,17H,1-4H3,(H,18,19). The first-order valence-corrected chi connectivity index (χ1v) is 5.83. The highest BCUT2D eigenvalue weighted by molar-refractivity contribution is 5.84. The first kappa shape index (κ1) is 15.3. The van der Waals surface area contributed by atoms with Crippen molar-refractivity contribution in [2.24, 2.45) is 0 Å². The van der Waals surface area contributed by atoms with E-state index in [9.17, 15) is 18.0 Å². The van der Waals surface area contributed by atoms with E-state index in [0.29, 0.717) is 12.1 Å². The zero-order chi connectivity index (χ0) is 14.8. The van der Waals surface area contributed by atoms with E-state index in [0.717, 1.165) is 0 Å². The quantitative estimate of drug-likeness (QED) is 0.890. The predicted octanol–water partition coefficient (Wildman–Crippen LogP) is 2.82. The van der Waals surface area contributed by atoms with E-state index in [1.54, 1.807) is 20.8 Å². The number of hydrogen-bond acceptors (Lipinski definition) is 2. The number of anilines is 1. The molecule has 1 amide bonds. The average molecular weight is 274 g/mol. The van der Waals surface area contributed by atoms with Gasteiger partial charge in [0.25, 0.3) is 0 Å². The van der Waals surface area contributed by atoms with Gasteiger partial charge in [-0.2, -0.15) is 0 Å². The fourth-order valence-electron chi connectivity index (χ4n) is 1.44. The number of nitrogens with one attached hydrogen (secondary N) is 2. The summed E-state index contributed by atoms with van der Waals surface area (Å²) in [5.74, 6) is -3.57. The molecule has 1 unspecified atom stereocenters. The van der Waals surface area contributed by atoms with Crippen molar-refractivity contribution in [3.05, 3.63) is 29.6 Å². The number of amides is 1. The van der Waals surface area contributed by atoms with E-state index in [4.69, 9.17) is 0 Å². The molecule has 0 saturated heterocycles. The van der Waals surface area contributed by atoms with Crippen LogP contribution in [0.3, 0.4) is 0 Å². The Kier molecular flexibility index (Phi) is 4.44. The molecule has 1 aromatic rings. The molecule has 2 N–H and O–H groups in total. The lowest BCUT2D eigenvalue weighted by molar-refractivity contribution is -0.122. The molecule has 0 radical (unpaired) electrons. The van der Waals surface area contributed by atoms with Gasteiger partial charge in [0, 0.05) is 17.7 Å². The molecule has 1 aromatic carbocycles. The first-order chi connectivity index (χ1) is 8.60. The van der Waals surface area contributed by atoms with Gasteiger partial charge in [-0.05, 0) is 27.7 Å². The maximum absolute atomic E-state index is 13.4. The summed E-state index contributed by atoms with van der Waals surface area (Å²) in [5, 5.41) is 5.07. The summed E-state index contributed by atoms with van der Waals surface area (Å²) in [6.45, 7) is 6.83. The molecule has 0 aliphatic heterocycles. The summed E-state index contributed by atoms with van der Waals surface area (Å²) < 4.78 is 39.5. The lowest BCUT2D eigenvalue weighted by atomic mass is 10.1. The van der Waals surface area contributed by atoms with Gasteiger partial charge in [0.2, 0.25) is 5.91 Å². The van der Waals surface area contributed by atoms with Gasteiger partial charge in [-0.25, -0.2) is 13.2 Å². The molecule has 0 aliphatic carbocycles. The van der Waals surface area contributed by atoms with Gasteiger partial charge in [-0.3, -0.25) is 4.79 Å². The highest BCUT2D eigenvalue weighted by Gasteiger charge is 2.21. The van der Waals surface area contributed by atoms with Crippen LogP contribution in [0.25, 0.3) is 0 Å². The Morgan fingerprint density at radius 2 is 1.63 bits per heavy atom. The van der Waals surface area contributed by atoms with Crippen LogP contribution in [0.2, 0.25) is 0 Å². The summed E-state index contributed by atoms with van der Waals surface area (Å²) in [7, 11) is 0. The molecule has 0 fully saturated rings. The number of rotatable bonds is 3. The molecule has 0 bridgehead atoms. The Morgan fingerprint density at radius 3 is 2.05 bits per heavy atom. The Bertz CT molecular complexity index is 460. The second-order valence-corrected chi connectivity index (χ2v) is 5.35. The minimum absolute atomic E-state index is 0.407. The van der Waals surface area contributed by atoms with Crippen LogP contribution < -0.4 is 10.6 Å². The molecule has 6 heteroatoms. The minimum Gasteiger partial charge on any atom is -0.369 e. The third-order valence-corrected chi connectivity index (χ3v) is 2.26. The van der Waals surface area contributed by atoms with E-state index in [-0.39, 0.29) is 0 Å². The number of carbonyl (C=O) groups excluding carboxylic acids is 1. The van der Waals surface area contributed by atoms with E-state index < -0.39 is 40.6 Å². The molecule has 0 heterocycles.